The lowest BCUT2D eigenvalue weighted by molar-refractivity contribution is -0.141. The Morgan fingerprint density at radius 1 is 1.48 bits per heavy atom. The Labute approximate surface area is 129 Å². The van der Waals surface area contributed by atoms with E-state index in [0.29, 0.717) is 15.9 Å². The number of β-amino-alcohol motifs (C(OH)–C–C–N with tert-alkyl or cyclic N) is 1. The molecule has 1 aliphatic heterocycles. The number of hydrogen-bond acceptors (Lipinski definition) is 4. The number of methoxy groups -OCH3 is 1. The highest BCUT2D eigenvalue weighted by molar-refractivity contribution is 9.10. The fourth-order valence-electron chi connectivity index (χ4n) is 2.21. The van der Waals surface area contributed by atoms with E-state index in [0.717, 1.165) is 4.90 Å². The van der Waals surface area contributed by atoms with E-state index in [2.05, 4.69) is 21.2 Å². The van der Waals surface area contributed by atoms with E-state index in [1.807, 2.05) is 0 Å². The molecule has 2 rings (SSSR count). The van der Waals surface area contributed by atoms with Gasteiger partial charge in [-0.3, -0.25) is 0 Å². The highest BCUT2D eigenvalue weighted by Gasteiger charge is 2.39. The summed E-state index contributed by atoms with van der Waals surface area (Å²) in [6.45, 7) is 0.000123. The van der Waals surface area contributed by atoms with Crippen LogP contribution in [0.4, 0.5) is 10.5 Å². The summed E-state index contributed by atoms with van der Waals surface area (Å²) in [5.74, 6) is -0.509. The number of ether oxygens (including phenoxy) is 1. The molecule has 1 aromatic carbocycles. The lowest BCUT2D eigenvalue weighted by Gasteiger charge is -2.21. The first-order valence-corrected chi connectivity index (χ1v) is 7.03. The number of amides is 2. The minimum atomic E-state index is -1.13. The van der Waals surface area contributed by atoms with Crippen LogP contribution < -0.4 is 10.1 Å². The van der Waals surface area contributed by atoms with E-state index < -0.39 is 24.1 Å². The molecule has 0 radical (unpaired) electrons. The van der Waals surface area contributed by atoms with E-state index in [1.54, 1.807) is 18.2 Å². The number of nitrogens with one attached hydrogen (secondary N) is 1. The predicted molar refractivity (Wildman–Crippen MR) is 78.5 cm³/mol. The number of nitrogens with zero attached hydrogens (tertiary/aromatic N) is 1. The van der Waals surface area contributed by atoms with E-state index in [9.17, 15) is 14.7 Å². The van der Waals surface area contributed by atoms with Gasteiger partial charge in [0.25, 0.3) is 0 Å². The van der Waals surface area contributed by atoms with Crippen molar-refractivity contribution in [1.82, 2.24) is 4.90 Å². The van der Waals surface area contributed by atoms with Crippen molar-refractivity contribution in [2.24, 2.45) is 0 Å². The Hall–Kier alpha value is -1.80. The topological polar surface area (TPSA) is 99.1 Å². The Kier molecular flexibility index (Phi) is 4.69. The first-order chi connectivity index (χ1) is 9.92. The number of carboxylic acid groups (broad SMARTS) is 1. The summed E-state index contributed by atoms with van der Waals surface area (Å²) in [6.07, 6.45) is -0.783. The third kappa shape index (κ3) is 3.45. The van der Waals surface area contributed by atoms with Crippen molar-refractivity contribution < 1.29 is 24.5 Å². The molecular weight excluding hydrogens is 344 g/mol. The van der Waals surface area contributed by atoms with E-state index in [-0.39, 0.29) is 13.0 Å². The summed E-state index contributed by atoms with van der Waals surface area (Å²) in [5.41, 5.74) is 0.498. The normalized spacial score (nSPS) is 21.2. The van der Waals surface area contributed by atoms with Gasteiger partial charge in [-0.25, -0.2) is 9.59 Å². The molecule has 8 heteroatoms. The van der Waals surface area contributed by atoms with Crippen LogP contribution in [0.25, 0.3) is 0 Å². The zero-order chi connectivity index (χ0) is 15.6. The number of halogens is 1. The molecule has 0 unspecified atom stereocenters. The van der Waals surface area contributed by atoms with Gasteiger partial charge >= 0.3 is 12.0 Å². The molecule has 2 amide bonds. The summed E-state index contributed by atoms with van der Waals surface area (Å²) < 4.78 is 5.75. The van der Waals surface area contributed by atoms with E-state index in [1.165, 1.54) is 7.11 Å². The second-order valence-corrected chi connectivity index (χ2v) is 5.53. The second kappa shape index (κ2) is 6.31. The lowest BCUT2D eigenvalue weighted by atomic mass is 10.2. The minimum Gasteiger partial charge on any atom is -0.496 e. The number of aliphatic hydroxyl groups is 1. The van der Waals surface area contributed by atoms with Crippen molar-refractivity contribution in [2.75, 3.05) is 19.0 Å². The van der Waals surface area contributed by atoms with Crippen LogP contribution in [-0.4, -0.2) is 52.9 Å². The van der Waals surface area contributed by atoms with Crippen molar-refractivity contribution in [2.45, 2.75) is 18.6 Å². The van der Waals surface area contributed by atoms with Crippen LogP contribution in [0.3, 0.4) is 0 Å². The maximum atomic E-state index is 12.1. The van der Waals surface area contributed by atoms with Crippen molar-refractivity contribution in [3.63, 3.8) is 0 Å². The van der Waals surface area contributed by atoms with Gasteiger partial charge in [-0.1, -0.05) is 0 Å². The lowest BCUT2D eigenvalue weighted by Crippen LogP contribution is -2.43. The molecule has 2 atom stereocenters. The molecule has 1 saturated heterocycles. The molecule has 0 aliphatic carbocycles. The molecular formula is C13H15BrN2O5. The maximum Gasteiger partial charge on any atom is 0.326 e. The van der Waals surface area contributed by atoms with Gasteiger partial charge in [-0.2, -0.15) is 0 Å². The molecule has 1 heterocycles. The third-order valence-corrected chi connectivity index (χ3v) is 3.85. The molecule has 1 aliphatic rings. The summed E-state index contributed by atoms with van der Waals surface area (Å²) in [4.78, 5) is 24.3. The van der Waals surface area contributed by atoms with Crippen LogP contribution in [0, 0.1) is 0 Å². The Balaban J connectivity index is 2.10. The molecule has 0 bridgehead atoms. The van der Waals surface area contributed by atoms with Crippen LogP contribution in [-0.2, 0) is 4.79 Å². The standard InChI is InChI=1S/C13H15BrN2O5/c1-21-11-3-2-7(4-9(11)14)15-13(20)16-6-8(17)5-10(16)12(18)19/h2-4,8,10,17H,5-6H2,1H3,(H,15,20)(H,18,19)/t8-,10+/m1/s1. The SMILES string of the molecule is COc1ccc(NC(=O)N2C[C@H](O)C[C@H]2C(=O)O)cc1Br. The molecule has 21 heavy (non-hydrogen) atoms. The highest BCUT2D eigenvalue weighted by Crippen LogP contribution is 2.28. The number of carboxylic acids is 1. The monoisotopic (exact) mass is 358 g/mol. The number of benzene rings is 1. The fourth-order valence-corrected chi connectivity index (χ4v) is 2.75. The molecule has 114 valence electrons. The maximum absolute atomic E-state index is 12.1. The second-order valence-electron chi connectivity index (χ2n) is 4.68. The van der Waals surface area contributed by atoms with Crippen LogP contribution in [0.2, 0.25) is 0 Å². The van der Waals surface area contributed by atoms with E-state index in [4.69, 9.17) is 9.84 Å². The van der Waals surface area contributed by atoms with Gasteiger partial charge in [-0.05, 0) is 34.1 Å². The third-order valence-electron chi connectivity index (χ3n) is 3.23. The number of urea groups is 1. The minimum absolute atomic E-state index is 0.000123. The van der Waals surface area contributed by atoms with E-state index >= 15 is 0 Å². The van der Waals surface area contributed by atoms with Gasteiger partial charge in [0.15, 0.2) is 0 Å². The zero-order valence-electron chi connectivity index (χ0n) is 11.2. The molecule has 3 N–H and O–H groups in total. The smallest absolute Gasteiger partial charge is 0.326 e. The average molecular weight is 359 g/mol. The van der Waals surface area contributed by atoms with Gasteiger partial charge in [-0.15, -0.1) is 0 Å². The van der Waals surface area contributed by atoms with Crippen LogP contribution in [0.15, 0.2) is 22.7 Å². The molecule has 1 fully saturated rings. The molecule has 1 aromatic rings. The van der Waals surface area contributed by atoms with Gasteiger partial charge < -0.3 is 25.2 Å². The van der Waals surface area contributed by atoms with Crippen molar-refractivity contribution in [1.29, 1.82) is 0 Å². The van der Waals surface area contributed by atoms with Crippen molar-refractivity contribution in [3.8, 4) is 5.75 Å². The first kappa shape index (κ1) is 15.6. The number of likely N-dealkylation sites (tertiary alicyclic amines) is 1. The number of rotatable bonds is 3. The van der Waals surface area contributed by atoms with Crippen LogP contribution >= 0.6 is 15.9 Å². The summed E-state index contributed by atoms with van der Waals surface area (Å²) in [7, 11) is 1.53. The number of carbonyl (C=O) groups excluding carboxylic acids is 1. The quantitative estimate of drug-likeness (QED) is 0.760. The zero-order valence-corrected chi connectivity index (χ0v) is 12.8. The first-order valence-electron chi connectivity index (χ1n) is 6.24. The largest absolute Gasteiger partial charge is 0.496 e. The number of anilines is 1. The Morgan fingerprint density at radius 3 is 2.76 bits per heavy atom. The molecule has 0 spiro atoms. The van der Waals surface area contributed by atoms with Crippen molar-refractivity contribution >= 4 is 33.6 Å². The van der Waals surface area contributed by atoms with Crippen LogP contribution in [0.1, 0.15) is 6.42 Å². The number of hydrogen-bond donors (Lipinski definition) is 3. The fraction of sp³-hybridized carbons (Fsp3) is 0.385. The molecule has 0 aromatic heterocycles. The average Bonchev–Trinajstić information content (AvgIpc) is 2.81. The van der Waals surface area contributed by atoms with Gasteiger partial charge in [0.05, 0.1) is 17.7 Å². The molecule has 7 nitrogen and oxygen atoms in total. The Morgan fingerprint density at radius 2 is 2.19 bits per heavy atom. The summed E-state index contributed by atoms with van der Waals surface area (Å²) in [6, 6.07) is 3.40. The summed E-state index contributed by atoms with van der Waals surface area (Å²) in [5, 5.41) is 21.2. The predicted octanol–water partition coefficient (Wildman–Crippen LogP) is 1.51. The highest BCUT2D eigenvalue weighted by atomic mass is 79.9. The summed E-state index contributed by atoms with van der Waals surface area (Å²) >= 11 is 3.30. The van der Waals surface area contributed by atoms with Gasteiger partial charge in [0.2, 0.25) is 0 Å². The van der Waals surface area contributed by atoms with Gasteiger partial charge in [0.1, 0.15) is 11.8 Å². The van der Waals surface area contributed by atoms with Crippen molar-refractivity contribution in [3.05, 3.63) is 22.7 Å². The van der Waals surface area contributed by atoms with Gasteiger partial charge in [0, 0.05) is 18.7 Å². The number of aliphatic hydroxyl groups excluding tert-OH is 1. The number of aliphatic carboxylic acids is 1. The van der Waals surface area contributed by atoms with Crippen LogP contribution in [0.5, 0.6) is 5.75 Å². The Bertz CT molecular complexity index is 565. The number of carbonyl (C=O) groups is 2. The molecule has 0 saturated carbocycles.